The van der Waals surface area contributed by atoms with Crippen LogP contribution in [0, 0.1) is 13.8 Å². The Hall–Kier alpha value is -2.55. The quantitative estimate of drug-likeness (QED) is 0.358. The van der Waals surface area contributed by atoms with E-state index in [1.54, 1.807) is 0 Å². The van der Waals surface area contributed by atoms with E-state index in [4.69, 9.17) is 0 Å². The first-order valence-corrected chi connectivity index (χ1v) is 9.47. The molecule has 140 valence electrons. The molecular formula is C23H33N3. The topological polar surface area (TPSA) is 22.8 Å². The molecule has 0 fully saturated rings. The van der Waals surface area contributed by atoms with E-state index in [0.717, 1.165) is 5.52 Å². The van der Waals surface area contributed by atoms with Crippen molar-refractivity contribution in [1.29, 1.82) is 0 Å². The van der Waals surface area contributed by atoms with Gasteiger partial charge in [0.1, 0.15) is 0 Å². The maximum absolute atomic E-state index is 4.33. The van der Waals surface area contributed by atoms with E-state index in [0.29, 0.717) is 0 Å². The van der Waals surface area contributed by atoms with Crippen LogP contribution in [0.2, 0.25) is 0 Å². The van der Waals surface area contributed by atoms with E-state index in [1.165, 1.54) is 27.5 Å². The van der Waals surface area contributed by atoms with Crippen molar-refractivity contribution in [2.75, 3.05) is 0 Å². The van der Waals surface area contributed by atoms with Crippen LogP contribution < -0.4 is 0 Å². The van der Waals surface area contributed by atoms with Gasteiger partial charge in [-0.2, -0.15) is 5.10 Å². The summed E-state index contributed by atoms with van der Waals surface area (Å²) in [7, 11) is 4.05. The molecule has 0 aliphatic heterocycles. The molecule has 4 rings (SSSR count). The molecule has 26 heavy (non-hydrogen) atoms. The normalized spacial score (nSPS) is 9.54. The molecule has 2 heterocycles. The van der Waals surface area contributed by atoms with E-state index in [-0.39, 0.29) is 0 Å². The summed E-state index contributed by atoms with van der Waals surface area (Å²) in [6.07, 6.45) is 2.16. The van der Waals surface area contributed by atoms with Crippen LogP contribution in [0.1, 0.15) is 39.1 Å². The lowest BCUT2D eigenvalue weighted by atomic mass is 10.2. The highest BCUT2D eigenvalue weighted by Gasteiger charge is 2.01. The van der Waals surface area contributed by atoms with Crippen LogP contribution in [0.15, 0.2) is 54.7 Å². The van der Waals surface area contributed by atoms with Crippen LogP contribution in [0.25, 0.3) is 21.7 Å². The van der Waals surface area contributed by atoms with E-state index >= 15 is 0 Å². The van der Waals surface area contributed by atoms with Crippen LogP contribution in [-0.4, -0.2) is 14.3 Å². The Kier molecular flexibility index (Phi) is 8.63. The van der Waals surface area contributed by atoms with Crippen molar-refractivity contribution in [3.8, 4) is 0 Å². The minimum atomic E-state index is 1.08. The SMILES string of the molecule is CC.CC.Cc1c2ccccc2cn1C.Cc1c2ccccc2nn1C. The summed E-state index contributed by atoms with van der Waals surface area (Å²) >= 11 is 0. The lowest BCUT2D eigenvalue weighted by Gasteiger charge is -1.92. The van der Waals surface area contributed by atoms with Crippen molar-refractivity contribution in [3.63, 3.8) is 0 Å². The highest BCUT2D eigenvalue weighted by atomic mass is 15.3. The first-order chi connectivity index (χ1) is 12.6. The highest BCUT2D eigenvalue weighted by Crippen LogP contribution is 2.18. The monoisotopic (exact) mass is 351 g/mol. The second-order valence-electron chi connectivity index (χ2n) is 5.64. The average Bonchev–Trinajstić information content (AvgIpc) is 3.15. The number of rotatable bonds is 0. The highest BCUT2D eigenvalue weighted by molar-refractivity contribution is 5.85. The zero-order valence-corrected chi connectivity index (χ0v) is 17.5. The van der Waals surface area contributed by atoms with E-state index in [1.807, 2.05) is 57.6 Å². The zero-order chi connectivity index (χ0) is 19.7. The molecule has 4 aromatic rings. The third-order valence-electron chi connectivity index (χ3n) is 4.25. The summed E-state index contributed by atoms with van der Waals surface area (Å²) in [5, 5.41) is 8.26. The van der Waals surface area contributed by atoms with Gasteiger partial charge in [0, 0.05) is 42.5 Å². The van der Waals surface area contributed by atoms with E-state index in [2.05, 4.69) is 67.1 Å². The maximum atomic E-state index is 4.33. The van der Waals surface area contributed by atoms with Crippen molar-refractivity contribution in [2.45, 2.75) is 41.5 Å². The van der Waals surface area contributed by atoms with Crippen molar-refractivity contribution in [2.24, 2.45) is 14.1 Å². The van der Waals surface area contributed by atoms with Gasteiger partial charge in [-0.1, -0.05) is 70.2 Å². The molecule has 0 aliphatic carbocycles. The van der Waals surface area contributed by atoms with Gasteiger partial charge in [0.2, 0.25) is 0 Å². The largest absolute Gasteiger partial charge is 0.353 e. The van der Waals surface area contributed by atoms with Gasteiger partial charge in [0.25, 0.3) is 0 Å². The second-order valence-corrected chi connectivity index (χ2v) is 5.64. The van der Waals surface area contributed by atoms with Crippen LogP contribution >= 0.6 is 0 Å². The fourth-order valence-electron chi connectivity index (χ4n) is 2.71. The minimum Gasteiger partial charge on any atom is -0.353 e. The van der Waals surface area contributed by atoms with Crippen LogP contribution in [0.3, 0.4) is 0 Å². The van der Waals surface area contributed by atoms with Gasteiger partial charge in [-0.3, -0.25) is 4.68 Å². The first-order valence-electron chi connectivity index (χ1n) is 9.47. The molecule has 0 amide bonds. The Bertz CT molecular complexity index is 851. The standard InChI is InChI=1S/C10H11N.C9H10N2.2C2H6/c1-8-10-6-4-3-5-9(10)7-11(8)2;1-7-8-5-3-4-6-9(8)10-11(7)2;2*1-2/h3-7H,1-2H3;3-6H,1-2H3;2*1-2H3. The van der Waals surface area contributed by atoms with Crippen molar-refractivity contribution >= 4 is 21.7 Å². The summed E-state index contributed by atoms with van der Waals surface area (Å²) < 4.78 is 4.06. The molecule has 2 aromatic heterocycles. The number of aryl methyl sites for hydroxylation is 4. The molecule has 0 saturated heterocycles. The molecule has 0 N–H and O–H groups in total. The Morgan fingerprint density at radius 2 is 1.23 bits per heavy atom. The summed E-state index contributed by atoms with van der Waals surface area (Å²) in [4.78, 5) is 0. The predicted molar refractivity (Wildman–Crippen MR) is 116 cm³/mol. The Balaban J connectivity index is 0.000000219. The summed E-state index contributed by atoms with van der Waals surface area (Å²) in [5.74, 6) is 0. The minimum absolute atomic E-state index is 1.08. The third-order valence-corrected chi connectivity index (χ3v) is 4.25. The zero-order valence-electron chi connectivity index (χ0n) is 17.5. The Morgan fingerprint density at radius 3 is 1.81 bits per heavy atom. The van der Waals surface area contributed by atoms with Crippen molar-refractivity contribution in [1.82, 2.24) is 14.3 Å². The molecule has 2 aromatic carbocycles. The maximum Gasteiger partial charge on any atom is 0.0926 e. The van der Waals surface area contributed by atoms with Gasteiger partial charge in [0.15, 0.2) is 0 Å². The van der Waals surface area contributed by atoms with Gasteiger partial charge < -0.3 is 4.57 Å². The molecule has 0 saturated carbocycles. The molecule has 0 radical (unpaired) electrons. The molecule has 0 aliphatic rings. The van der Waals surface area contributed by atoms with Gasteiger partial charge >= 0.3 is 0 Å². The number of hydrogen-bond acceptors (Lipinski definition) is 1. The number of hydrogen-bond donors (Lipinski definition) is 0. The molecule has 0 bridgehead atoms. The lowest BCUT2D eigenvalue weighted by Crippen LogP contribution is -1.91. The number of nitrogens with zero attached hydrogens (tertiary/aromatic N) is 3. The number of benzene rings is 2. The summed E-state index contributed by atoms with van der Waals surface area (Å²) in [5.41, 5.74) is 3.63. The molecular weight excluding hydrogens is 318 g/mol. The van der Waals surface area contributed by atoms with Crippen LogP contribution in [-0.2, 0) is 14.1 Å². The van der Waals surface area contributed by atoms with Crippen molar-refractivity contribution in [3.05, 3.63) is 66.1 Å². The van der Waals surface area contributed by atoms with E-state index in [9.17, 15) is 0 Å². The average molecular weight is 352 g/mol. The number of aromatic nitrogens is 3. The molecule has 0 unspecified atom stereocenters. The van der Waals surface area contributed by atoms with Gasteiger partial charge in [-0.05, 0) is 25.3 Å². The van der Waals surface area contributed by atoms with Gasteiger partial charge in [0.05, 0.1) is 5.52 Å². The van der Waals surface area contributed by atoms with Gasteiger partial charge in [-0.15, -0.1) is 0 Å². The van der Waals surface area contributed by atoms with E-state index < -0.39 is 0 Å². The molecule has 0 spiro atoms. The Morgan fingerprint density at radius 1 is 0.692 bits per heavy atom. The fourth-order valence-corrected chi connectivity index (χ4v) is 2.71. The van der Waals surface area contributed by atoms with Gasteiger partial charge in [-0.25, -0.2) is 0 Å². The summed E-state index contributed by atoms with van der Waals surface area (Å²) in [6, 6.07) is 16.6. The van der Waals surface area contributed by atoms with Crippen molar-refractivity contribution < 1.29 is 0 Å². The van der Waals surface area contributed by atoms with Crippen LogP contribution in [0.5, 0.6) is 0 Å². The first kappa shape index (κ1) is 21.5. The Labute approximate surface area is 158 Å². The molecule has 0 atom stereocenters. The smallest absolute Gasteiger partial charge is 0.0926 e. The second kappa shape index (κ2) is 10.4. The van der Waals surface area contributed by atoms with Crippen LogP contribution in [0.4, 0.5) is 0 Å². The molecule has 3 heteroatoms. The fraction of sp³-hybridized carbons (Fsp3) is 0.348. The number of fused-ring (bicyclic) bond motifs is 2. The lowest BCUT2D eigenvalue weighted by molar-refractivity contribution is 0.751. The summed E-state index contributed by atoms with van der Waals surface area (Å²) in [6.45, 7) is 12.2. The molecule has 3 nitrogen and oxygen atoms in total. The third kappa shape index (κ3) is 4.75. The predicted octanol–water partition coefficient (Wildman–Crippen LogP) is 6.42.